The number of aliphatic hydroxyl groups is 1. The van der Waals surface area contributed by atoms with E-state index in [0.29, 0.717) is 11.3 Å². The monoisotopic (exact) mass is 268 g/mol. The molecule has 7 nitrogen and oxygen atoms in total. The number of benzene rings is 1. The Labute approximate surface area is 110 Å². The molecule has 0 radical (unpaired) electrons. The van der Waals surface area contributed by atoms with Gasteiger partial charge in [-0.3, -0.25) is 10.1 Å². The highest BCUT2D eigenvalue weighted by Crippen LogP contribution is 2.30. The molecule has 1 rings (SSSR count). The van der Waals surface area contributed by atoms with Crippen LogP contribution in [0.25, 0.3) is 0 Å². The Balaban J connectivity index is 3.37. The summed E-state index contributed by atoms with van der Waals surface area (Å²) in [6.45, 7) is 3.39. The van der Waals surface area contributed by atoms with Gasteiger partial charge in [0, 0.05) is 25.3 Å². The van der Waals surface area contributed by atoms with Crippen LogP contribution in [0.2, 0.25) is 0 Å². The minimum atomic E-state index is -1.23. The van der Waals surface area contributed by atoms with Crippen LogP contribution in [0.15, 0.2) is 12.1 Å². The van der Waals surface area contributed by atoms with Gasteiger partial charge in [-0.15, -0.1) is 0 Å². The summed E-state index contributed by atoms with van der Waals surface area (Å²) < 4.78 is 0. The second-order valence-corrected chi connectivity index (χ2v) is 4.43. The zero-order valence-electron chi connectivity index (χ0n) is 11.0. The van der Waals surface area contributed by atoms with Crippen LogP contribution in [-0.4, -0.2) is 40.8 Å². The van der Waals surface area contributed by atoms with Gasteiger partial charge in [0.1, 0.15) is 0 Å². The van der Waals surface area contributed by atoms with E-state index in [4.69, 9.17) is 5.11 Å². The summed E-state index contributed by atoms with van der Waals surface area (Å²) in [4.78, 5) is 22.9. The molecular formula is C12H16N2O5. The summed E-state index contributed by atoms with van der Waals surface area (Å²) in [5.74, 6) is -1.23. The number of carboxylic acid groups (broad SMARTS) is 1. The van der Waals surface area contributed by atoms with Gasteiger partial charge in [-0.2, -0.15) is 0 Å². The van der Waals surface area contributed by atoms with E-state index in [9.17, 15) is 20.0 Å². The predicted molar refractivity (Wildman–Crippen MR) is 69.7 cm³/mol. The smallest absolute Gasteiger partial charge is 0.336 e. The maximum Gasteiger partial charge on any atom is 0.336 e. The van der Waals surface area contributed by atoms with Gasteiger partial charge >= 0.3 is 5.97 Å². The largest absolute Gasteiger partial charge is 0.478 e. The number of carboxylic acids is 1. The maximum atomic E-state index is 11.0. The molecule has 0 saturated heterocycles. The highest BCUT2D eigenvalue weighted by molar-refractivity contribution is 5.90. The van der Waals surface area contributed by atoms with Gasteiger partial charge in [0.25, 0.3) is 5.69 Å². The lowest BCUT2D eigenvalue weighted by molar-refractivity contribution is -0.385. The molecule has 1 atom stereocenters. The first-order chi connectivity index (χ1) is 8.73. The Kier molecular flexibility index (Phi) is 4.44. The zero-order chi connectivity index (χ0) is 14.7. The first-order valence-corrected chi connectivity index (χ1v) is 5.65. The molecule has 0 saturated carbocycles. The van der Waals surface area contributed by atoms with Gasteiger partial charge in [-0.25, -0.2) is 4.79 Å². The van der Waals surface area contributed by atoms with E-state index < -0.39 is 17.0 Å². The molecule has 0 aliphatic rings. The second kappa shape index (κ2) is 5.66. The van der Waals surface area contributed by atoms with Gasteiger partial charge in [0.05, 0.1) is 22.2 Å². The number of likely N-dealkylation sites (N-methyl/N-ethyl adjacent to an activating group) is 1. The molecule has 1 unspecified atom stereocenters. The van der Waals surface area contributed by atoms with Crippen LogP contribution in [0.4, 0.5) is 11.4 Å². The van der Waals surface area contributed by atoms with Gasteiger partial charge < -0.3 is 15.1 Å². The highest BCUT2D eigenvalue weighted by atomic mass is 16.6. The normalized spacial score (nSPS) is 12.0. The van der Waals surface area contributed by atoms with Crippen LogP contribution in [0.3, 0.4) is 0 Å². The number of hydrogen-bond donors (Lipinski definition) is 2. The molecule has 104 valence electrons. The van der Waals surface area contributed by atoms with Crippen LogP contribution >= 0.6 is 0 Å². The zero-order valence-corrected chi connectivity index (χ0v) is 11.0. The average molecular weight is 268 g/mol. The van der Waals surface area contributed by atoms with Crippen molar-refractivity contribution >= 4 is 17.3 Å². The molecule has 0 heterocycles. The molecule has 0 aliphatic heterocycles. The second-order valence-electron chi connectivity index (χ2n) is 4.43. The SMILES string of the molecule is Cc1c(N(C)CC(C)O)cc(C(=O)O)cc1[N+](=O)[O-]. The summed E-state index contributed by atoms with van der Waals surface area (Å²) in [5, 5.41) is 29.3. The van der Waals surface area contributed by atoms with Crippen molar-refractivity contribution in [3.63, 3.8) is 0 Å². The molecule has 0 bridgehead atoms. The molecule has 0 aliphatic carbocycles. The van der Waals surface area contributed by atoms with E-state index in [1.165, 1.54) is 6.07 Å². The third kappa shape index (κ3) is 3.41. The minimum absolute atomic E-state index is 0.148. The van der Waals surface area contributed by atoms with Crippen molar-refractivity contribution < 1.29 is 19.9 Å². The summed E-state index contributed by atoms with van der Waals surface area (Å²) in [6.07, 6.45) is -0.628. The lowest BCUT2D eigenvalue weighted by Gasteiger charge is -2.23. The van der Waals surface area contributed by atoms with Crippen LogP contribution in [0.5, 0.6) is 0 Å². The summed E-state index contributed by atoms with van der Waals surface area (Å²) in [5.41, 5.74) is 0.405. The molecule has 1 aromatic carbocycles. The Morgan fingerprint density at radius 3 is 2.53 bits per heavy atom. The number of rotatable bonds is 5. The minimum Gasteiger partial charge on any atom is -0.478 e. The Bertz CT molecular complexity index is 513. The summed E-state index contributed by atoms with van der Waals surface area (Å²) >= 11 is 0. The first-order valence-electron chi connectivity index (χ1n) is 5.65. The van der Waals surface area contributed by atoms with E-state index in [2.05, 4.69) is 0 Å². The number of aliphatic hydroxyl groups excluding tert-OH is 1. The lowest BCUT2D eigenvalue weighted by atomic mass is 10.1. The predicted octanol–water partition coefficient (Wildman–Crippen LogP) is 1.42. The molecule has 0 aromatic heterocycles. The van der Waals surface area contributed by atoms with Crippen LogP contribution in [0.1, 0.15) is 22.8 Å². The lowest BCUT2D eigenvalue weighted by Crippen LogP contribution is -2.27. The van der Waals surface area contributed by atoms with E-state index in [1.54, 1.807) is 25.8 Å². The van der Waals surface area contributed by atoms with Crippen molar-refractivity contribution in [2.45, 2.75) is 20.0 Å². The fourth-order valence-electron chi connectivity index (χ4n) is 1.89. The van der Waals surface area contributed by atoms with Gasteiger partial charge in [0.2, 0.25) is 0 Å². The Hall–Kier alpha value is -2.15. The molecule has 7 heteroatoms. The van der Waals surface area contributed by atoms with Crippen molar-refractivity contribution in [2.75, 3.05) is 18.5 Å². The molecule has 19 heavy (non-hydrogen) atoms. The molecule has 1 aromatic rings. The fourth-order valence-corrected chi connectivity index (χ4v) is 1.89. The number of aromatic carboxylic acids is 1. The molecule has 0 amide bonds. The van der Waals surface area contributed by atoms with Gasteiger partial charge in [0.15, 0.2) is 0 Å². The molecule has 2 N–H and O–H groups in total. The number of nitrogens with zero attached hydrogens (tertiary/aromatic N) is 2. The van der Waals surface area contributed by atoms with Crippen LogP contribution in [-0.2, 0) is 0 Å². The van der Waals surface area contributed by atoms with E-state index in [-0.39, 0.29) is 17.8 Å². The summed E-state index contributed by atoms with van der Waals surface area (Å²) in [7, 11) is 1.64. The van der Waals surface area contributed by atoms with Crippen molar-refractivity contribution in [1.29, 1.82) is 0 Å². The quantitative estimate of drug-likeness (QED) is 0.618. The number of nitro groups is 1. The number of carbonyl (C=O) groups is 1. The number of anilines is 1. The standard InChI is InChI=1S/C12H16N2O5/c1-7(15)6-13(3)10-4-9(12(16)17)5-11(8(10)2)14(18)19/h4-5,7,15H,6H2,1-3H3,(H,16,17). The molecular weight excluding hydrogens is 252 g/mol. The maximum absolute atomic E-state index is 11.0. The third-order valence-corrected chi connectivity index (χ3v) is 2.75. The van der Waals surface area contributed by atoms with Crippen LogP contribution < -0.4 is 4.90 Å². The van der Waals surface area contributed by atoms with Crippen molar-refractivity contribution in [2.24, 2.45) is 0 Å². The van der Waals surface area contributed by atoms with Crippen LogP contribution in [0, 0.1) is 17.0 Å². The highest BCUT2D eigenvalue weighted by Gasteiger charge is 2.21. The van der Waals surface area contributed by atoms with Crippen molar-refractivity contribution in [1.82, 2.24) is 0 Å². The third-order valence-electron chi connectivity index (χ3n) is 2.75. The Morgan fingerprint density at radius 1 is 1.53 bits per heavy atom. The van der Waals surface area contributed by atoms with Crippen molar-refractivity contribution in [3.05, 3.63) is 33.4 Å². The topological polar surface area (TPSA) is 104 Å². The average Bonchev–Trinajstić information content (AvgIpc) is 2.27. The van der Waals surface area contributed by atoms with E-state index >= 15 is 0 Å². The van der Waals surface area contributed by atoms with E-state index in [1.807, 2.05) is 0 Å². The van der Waals surface area contributed by atoms with Crippen molar-refractivity contribution in [3.8, 4) is 0 Å². The fraction of sp³-hybridized carbons (Fsp3) is 0.417. The number of hydrogen-bond acceptors (Lipinski definition) is 5. The summed E-state index contributed by atoms with van der Waals surface area (Å²) in [6, 6.07) is 2.41. The first kappa shape index (κ1) is 14.9. The van der Waals surface area contributed by atoms with Gasteiger partial charge in [-0.1, -0.05) is 0 Å². The number of nitro benzene ring substituents is 1. The van der Waals surface area contributed by atoms with Gasteiger partial charge in [-0.05, 0) is 19.9 Å². The molecule has 0 fully saturated rings. The Morgan fingerprint density at radius 2 is 2.11 bits per heavy atom. The van der Waals surface area contributed by atoms with E-state index in [0.717, 1.165) is 6.07 Å². The molecule has 0 spiro atoms.